The summed E-state index contributed by atoms with van der Waals surface area (Å²) in [5.41, 5.74) is 0.509. The second-order valence-corrected chi connectivity index (χ2v) is 3.23. The van der Waals surface area contributed by atoms with E-state index in [4.69, 9.17) is 10.0 Å². The topological polar surface area (TPSA) is 58.3 Å². The van der Waals surface area contributed by atoms with Crippen molar-refractivity contribution in [1.82, 2.24) is 9.55 Å². The number of imidazole rings is 1. The highest BCUT2D eigenvalue weighted by molar-refractivity contribution is 6.57. The Kier molecular flexibility index (Phi) is 1.70. The zero-order valence-corrected chi connectivity index (χ0v) is 6.94. The largest absolute Gasteiger partial charge is 0.507 e. The summed E-state index contributed by atoms with van der Waals surface area (Å²) in [5.74, 6) is 0.964. The fraction of sp³-hybridized carbons (Fsp3) is 0.571. The van der Waals surface area contributed by atoms with Crippen molar-refractivity contribution in [2.24, 2.45) is 0 Å². The van der Waals surface area contributed by atoms with Crippen molar-refractivity contribution >= 4 is 12.7 Å². The van der Waals surface area contributed by atoms with Crippen molar-refractivity contribution in [3.63, 3.8) is 0 Å². The summed E-state index contributed by atoms with van der Waals surface area (Å²) in [6, 6.07) is 0.347. The highest BCUT2D eigenvalue weighted by Gasteiger charge is 2.27. The van der Waals surface area contributed by atoms with Gasteiger partial charge in [-0.15, -0.1) is 0 Å². The molecule has 0 saturated carbocycles. The van der Waals surface area contributed by atoms with Crippen LogP contribution in [0.3, 0.4) is 0 Å². The van der Waals surface area contributed by atoms with E-state index in [1.54, 1.807) is 0 Å². The average Bonchev–Trinajstić information content (AvgIpc) is 2.53. The summed E-state index contributed by atoms with van der Waals surface area (Å²) in [7, 11) is -1.40. The second kappa shape index (κ2) is 2.60. The summed E-state index contributed by atoms with van der Waals surface area (Å²) in [4.78, 5) is 4.11. The molecule has 0 aliphatic carbocycles. The first-order valence-electron chi connectivity index (χ1n) is 4.12. The van der Waals surface area contributed by atoms with Gasteiger partial charge in [0.1, 0.15) is 5.82 Å². The Morgan fingerprint density at radius 3 is 3.08 bits per heavy atom. The van der Waals surface area contributed by atoms with Gasteiger partial charge in [0.2, 0.25) is 0 Å². The number of fused-ring (bicyclic) bond motifs is 1. The monoisotopic (exact) mass is 166 g/mol. The summed E-state index contributed by atoms with van der Waals surface area (Å²) in [5, 5.41) is 18.0. The Labute approximate surface area is 71.0 Å². The van der Waals surface area contributed by atoms with E-state index in [9.17, 15) is 0 Å². The standard InChI is InChI=1S/C7H11BN2O2/c1-5-2-3-7-9-4-6(8(11)12)10(5)7/h4-5,11-12H,2-3H2,1H3. The van der Waals surface area contributed by atoms with E-state index in [2.05, 4.69) is 11.9 Å². The van der Waals surface area contributed by atoms with Crippen LogP contribution in [0.4, 0.5) is 0 Å². The van der Waals surface area contributed by atoms with Gasteiger partial charge in [0.05, 0.1) is 5.59 Å². The van der Waals surface area contributed by atoms with Crippen molar-refractivity contribution in [3.8, 4) is 0 Å². The van der Waals surface area contributed by atoms with Gasteiger partial charge >= 0.3 is 7.12 Å². The van der Waals surface area contributed by atoms with Crippen LogP contribution in [0.2, 0.25) is 0 Å². The number of aryl methyl sites for hydroxylation is 1. The molecule has 0 bridgehead atoms. The third-order valence-corrected chi connectivity index (χ3v) is 2.39. The Morgan fingerprint density at radius 1 is 1.67 bits per heavy atom. The lowest BCUT2D eigenvalue weighted by Gasteiger charge is -2.09. The maximum Gasteiger partial charge on any atom is 0.507 e. The van der Waals surface area contributed by atoms with E-state index in [1.807, 2.05) is 4.57 Å². The normalized spacial score (nSPS) is 21.1. The van der Waals surface area contributed by atoms with E-state index >= 15 is 0 Å². The summed E-state index contributed by atoms with van der Waals surface area (Å²) < 4.78 is 1.91. The Bertz CT molecular complexity index is 298. The minimum absolute atomic E-state index is 0.347. The van der Waals surface area contributed by atoms with Crippen LogP contribution in [0.25, 0.3) is 0 Å². The maximum atomic E-state index is 8.99. The highest BCUT2D eigenvalue weighted by atomic mass is 16.4. The minimum atomic E-state index is -1.40. The van der Waals surface area contributed by atoms with Crippen molar-refractivity contribution in [3.05, 3.63) is 12.0 Å². The summed E-state index contributed by atoms with van der Waals surface area (Å²) in [6.45, 7) is 2.06. The van der Waals surface area contributed by atoms with Gasteiger partial charge in [-0.05, 0) is 13.3 Å². The number of hydrogen-bond acceptors (Lipinski definition) is 3. The van der Waals surface area contributed by atoms with Crippen molar-refractivity contribution in [2.75, 3.05) is 0 Å². The van der Waals surface area contributed by atoms with E-state index in [0.29, 0.717) is 11.6 Å². The van der Waals surface area contributed by atoms with Gasteiger partial charge in [-0.1, -0.05) is 0 Å². The molecular weight excluding hydrogens is 155 g/mol. The van der Waals surface area contributed by atoms with Gasteiger partial charge in [-0.25, -0.2) is 4.98 Å². The fourth-order valence-corrected chi connectivity index (χ4v) is 1.77. The third-order valence-electron chi connectivity index (χ3n) is 2.39. The third kappa shape index (κ3) is 0.973. The van der Waals surface area contributed by atoms with Crippen molar-refractivity contribution in [2.45, 2.75) is 25.8 Å². The van der Waals surface area contributed by atoms with E-state index < -0.39 is 7.12 Å². The molecule has 2 rings (SSSR count). The molecule has 5 heteroatoms. The molecule has 1 aliphatic rings. The molecule has 12 heavy (non-hydrogen) atoms. The molecule has 1 aromatic rings. The molecule has 64 valence electrons. The molecule has 2 heterocycles. The van der Waals surface area contributed by atoms with Crippen LogP contribution in [0.15, 0.2) is 6.20 Å². The quantitative estimate of drug-likeness (QED) is 0.530. The van der Waals surface area contributed by atoms with Crippen LogP contribution < -0.4 is 5.59 Å². The Morgan fingerprint density at radius 2 is 2.42 bits per heavy atom. The maximum absolute atomic E-state index is 8.99. The molecule has 0 saturated heterocycles. The number of aromatic nitrogens is 2. The van der Waals surface area contributed by atoms with Gasteiger partial charge in [0.25, 0.3) is 0 Å². The van der Waals surface area contributed by atoms with Crippen LogP contribution in [0.5, 0.6) is 0 Å². The smallest absolute Gasteiger partial charge is 0.422 e. The summed E-state index contributed by atoms with van der Waals surface area (Å²) >= 11 is 0. The lowest BCUT2D eigenvalue weighted by Crippen LogP contribution is -2.36. The molecule has 1 aliphatic heterocycles. The molecule has 0 radical (unpaired) electrons. The molecule has 0 amide bonds. The first-order valence-corrected chi connectivity index (χ1v) is 4.12. The first-order chi connectivity index (χ1) is 5.70. The predicted molar refractivity (Wildman–Crippen MR) is 45.1 cm³/mol. The molecule has 0 spiro atoms. The zero-order chi connectivity index (χ0) is 8.72. The van der Waals surface area contributed by atoms with Crippen LogP contribution in [0, 0.1) is 0 Å². The molecule has 2 N–H and O–H groups in total. The SMILES string of the molecule is CC1CCc2ncc(B(O)O)n21. The van der Waals surface area contributed by atoms with Crippen LogP contribution in [-0.2, 0) is 6.42 Å². The van der Waals surface area contributed by atoms with Crippen molar-refractivity contribution in [1.29, 1.82) is 0 Å². The molecule has 1 unspecified atom stereocenters. The van der Waals surface area contributed by atoms with Gasteiger partial charge < -0.3 is 14.6 Å². The van der Waals surface area contributed by atoms with E-state index in [1.165, 1.54) is 6.20 Å². The van der Waals surface area contributed by atoms with Gasteiger partial charge in [0.15, 0.2) is 0 Å². The van der Waals surface area contributed by atoms with Crippen LogP contribution in [-0.4, -0.2) is 26.7 Å². The molecule has 1 atom stereocenters. The fourth-order valence-electron chi connectivity index (χ4n) is 1.77. The van der Waals surface area contributed by atoms with E-state index in [-0.39, 0.29) is 0 Å². The Hall–Kier alpha value is -0.805. The summed E-state index contributed by atoms with van der Waals surface area (Å²) in [6.07, 6.45) is 3.52. The molecule has 0 fully saturated rings. The lowest BCUT2D eigenvalue weighted by molar-refractivity contribution is 0.419. The lowest BCUT2D eigenvalue weighted by atomic mass is 9.86. The second-order valence-electron chi connectivity index (χ2n) is 3.23. The molecular formula is C7H11BN2O2. The average molecular weight is 166 g/mol. The molecule has 4 nitrogen and oxygen atoms in total. The van der Waals surface area contributed by atoms with Crippen LogP contribution >= 0.6 is 0 Å². The van der Waals surface area contributed by atoms with E-state index in [0.717, 1.165) is 18.7 Å². The highest BCUT2D eigenvalue weighted by Crippen LogP contribution is 2.22. The van der Waals surface area contributed by atoms with Crippen LogP contribution in [0.1, 0.15) is 25.2 Å². The number of nitrogens with zero attached hydrogens (tertiary/aromatic N) is 2. The molecule has 1 aromatic heterocycles. The van der Waals surface area contributed by atoms with Gasteiger partial charge in [0, 0.05) is 18.7 Å². The minimum Gasteiger partial charge on any atom is -0.422 e. The number of rotatable bonds is 1. The zero-order valence-electron chi connectivity index (χ0n) is 6.94. The predicted octanol–water partition coefficient (Wildman–Crippen LogP) is -0.930. The Balaban J connectivity index is 2.46. The number of hydrogen-bond donors (Lipinski definition) is 2. The van der Waals surface area contributed by atoms with Crippen molar-refractivity contribution < 1.29 is 10.0 Å². The van der Waals surface area contributed by atoms with Gasteiger partial charge in [-0.3, -0.25) is 0 Å². The first kappa shape index (κ1) is 7.82. The van der Waals surface area contributed by atoms with Gasteiger partial charge in [-0.2, -0.15) is 0 Å². The molecule has 0 aromatic carbocycles.